The van der Waals surface area contributed by atoms with E-state index in [4.69, 9.17) is 9.47 Å². The van der Waals surface area contributed by atoms with Crippen molar-refractivity contribution in [3.05, 3.63) is 52.2 Å². The van der Waals surface area contributed by atoms with Gasteiger partial charge >= 0.3 is 5.97 Å². The Morgan fingerprint density at radius 3 is 2.63 bits per heavy atom. The lowest BCUT2D eigenvalue weighted by Crippen LogP contribution is -2.07. The molecule has 0 aliphatic heterocycles. The lowest BCUT2D eigenvalue weighted by Gasteiger charge is -2.05. The Bertz CT molecular complexity index is 503. The van der Waals surface area contributed by atoms with E-state index in [1.165, 1.54) is 0 Å². The average Bonchev–Trinajstić information content (AvgIpc) is 2.92. The predicted octanol–water partition coefficient (Wildman–Crippen LogP) is 3.43. The summed E-state index contributed by atoms with van der Waals surface area (Å²) in [5.74, 6) is 0.607. The van der Waals surface area contributed by atoms with Crippen LogP contribution in [-0.4, -0.2) is 12.6 Å². The zero-order valence-corrected chi connectivity index (χ0v) is 11.6. The molecular formula is C15H16O3S. The van der Waals surface area contributed by atoms with Crippen molar-refractivity contribution in [1.29, 1.82) is 0 Å². The van der Waals surface area contributed by atoms with E-state index >= 15 is 0 Å². The van der Waals surface area contributed by atoms with Crippen molar-refractivity contribution >= 4 is 17.3 Å². The van der Waals surface area contributed by atoms with Gasteiger partial charge in [-0.3, -0.25) is 4.79 Å². The molecule has 0 aliphatic carbocycles. The van der Waals surface area contributed by atoms with Crippen LogP contribution in [0.3, 0.4) is 0 Å². The predicted molar refractivity (Wildman–Crippen MR) is 75.4 cm³/mol. The van der Waals surface area contributed by atoms with Crippen LogP contribution in [0.5, 0.6) is 5.75 Å². The highest BCUT2D eigenvalue weighted by Crippen LogP contribution is 2.14. The summed E-state index contributed by atoms with van der Waals surface area (Å²) in [5.41, 5.74) is 0.930. The van der Waals surface area contributed by atoms with E-state index in [0.717, 1.165) is 16.2 Å². The molecule has 0 saturated heterocycles. The van der Waals surface area contributed by atoms with Gasteiger partial charge in [-0.15, -0.1) is 11.3 Å². The van der Waals surface area contributed by atoms with Gasteiger partial charge in [0.05, 0.1) is 13.0 Å². The van der Waals surface area contributed by atoms with Gasteiger partial charge in [0.25, 0.3) is 0 Å². The molecule has 2 aromatic rings. The van der Waals surface area contributed by atoms with E-state index in [0.29, 0.717) is 13.2 Å². The van der Waals surface area contributed by atoms with E-state index in [2.05, 4.69) is 0 Å². The van der Waals surface area contributed by atoms with Crippen molar-refractivity contribution in [2.24, 2.45) is 0 Å². The molecule has 19 heavy (non-hydrogen) atoms. The monoisotopic (exact) mass is 276 g/mol. The van der Waals surface area contributed by atoms with E-state index in [1.807, 2.05) is 48.7 Å². The maximum atomic E-state index is 11.7. The summed E-state index contributed by atoms with van der Waals surface area (Å²) in [6, 6.07) is 11.4. The Labute approximate surface area is 116 Å². The Kier molecular flexibility index (Phi) is 4.98. The minimum Gasteiger partial charge on any atom is -0.494 e. The molecule has 4 heteroatoms. The van der Waals surface area contributed by atoms with Crippen molar-refractivity contribution in [1.82, 2.24) is 0 Å². The van der Waals surface area contributed by atoms with Gasteiger partial charge in [0.1, 0.15) is 12.4 Å². The number of carbonyl (C=O) groups excluding carboxylic acids is 1. The SMILES string of the molecule is CCOc1ccc(CC(=O)OCc2cccs2)cc1. The fourth-order valence-electron chi connectivity index (χ4n) is 1.63. The summed E-state index contributed by atoms with van der Waals surface area (Å²) in [7, 11) is 0. The second-order valence-electron chi connectivity index (χ2n) is 3.99. The molecule has 1 aromatic carbocycles. The number of ether oxygens (including phenoxy) is 2. The average molecular weight is 276 g/mol. The quantitative estimate of drug-likeness (QED) is 0.758. The first kappa shape index (κ1) is 13.6. The number of benzene rings is 1. The Hall–Kier alpha value is -1.81. The highest BCUT2D eigenvalue weighted by Gasteiger charge is 2.06. The third-order valence-corrected chi connectivity index (χ3v) is 3.39. The summed E-state index contributed by atoms with van der Waals surface area (Å²) in [4.78, 5) is 12.7. The highest BCUT2D eigenvalue weighted by atomic mass is 32.1. The van der Waals surface area contributed by atoms with Crippen LogP contribution in [0.4, 0.5) is 0 Å². The number of hydrogen-bond donors (Lipinski definition) is 0. The molecule has 0 unspecified atom stereocenters. The van der Waals surface area contributed by atoms with Gasteiger partial charge < -0.3 is 9.47 Å². The van der Waals surface area contributed by atoms with Gasteiger partial charge in [-0.05, 0) is 36.1 Å². The molecular weight excluding hydrogens is 260 g/mol. The highest BCUT2D eigenvalue weighted by molar-refractivity contribution is 7.09. The first-order valence-electron chi connectivity index (χ1n) is 6.17. The van der Waals surface area contributed by atoms with Crippen LogP contribution in [0, 0.1) is 0 Å². The van der Waals surface area contributed by atoms with E-state index in [9.17, 15) is 4.79 Å². The molecule has 0 radical (unpaired) electrons. The van der Waals surface area contributed by atoms with Gasteiger partial charge in [0.2, 0.25) is 0 Å². The van der Waals surface area contributed by atoms with Crippen molar-refractivity contribution < 1.29 is 14.3 Å². The van der Waals surface area contributed by atoms with Gasteiger partial charge in [0.15, 0.2) is 0 Å². The van der Waals surface area contributed by atoms with E-state index < -0.39 is 0 Å². The molecule has 0 fully saturated rings. The molecule has 0 saturated carbocycles. The molecule has 0 atom stereocenters. The van der Waals surface area contributed by atoms with Gasteiger partial charge in [-0.25, -0.2) is 0 Å². The lowest BCUT2D eigenvalue weighted by atomic mass is 10.1. The molecule has 3 nitrogen and oxygen atoms in total. The van der Waals surface area contributed by atoms with Crippen LogP contribution >= 0.6 is 11.3 Å². The third kappa shape index (κ3) is 4.41. The molecule has 1 heterocycles. The minimum atomic E-state index is -0.211. The van der Waals surface area contributed by atoms with Crippen molar-refractivity contribution in [2.45, 2.75) is 20.0 Å². The second kappa shape index (κ2) is 6.95. The zero-order chi connectivity index (χ0) is 13.5. The second-order valence-corrected chi connectivity index (χ2v) is 5.03. The molecule has 100 valence electrons. The third-order valence-electron chi connectivity index (χ3n) is 2.54. The van der Waals surface area contributed by atoms with Crippen molar-refractivity contribution in [2.75, 3.05) is 6.61 Å². The van der Waals surface area contributed by atoms with Crippen LogP contribution < -0.4 is 4.74 Å². The fraction of sp³-hybridized carbons (Fsp3) is 0.267. The molecule has 0 bridgehead atoms. The van der Waals surface area contributed by atoms with Crippen molar-refractivity contribution in [3.8, 4) is 5.75 Å². The maximum absolute atomic E-state index is 11.7. The number of carbonyl (C=O) groups is 1. The number of thiophene rings is 1. The van der Waals surface area contributed by atoms with Crippen LogP contribution in [0.1, 0.15) is 17.4 Å². The standard InChI is InChI=1S/C15H16O3S/c1-2-17-13-7-5-12(6-8-13)10-15(16)18-11-14-4-3-9-19-14/h3-9H,2,10-11H2,1H3. The van der Waals surface area contributed by atoms with Crippen LogP contribution in [0.15, 0.2) is 41.8 Å². The molecule has 0 spiro atoms. The summed E-state index contributed by atoms with van der Waals surface area (Å²) < 4.78 is 10.6. The number of esters is 1. The normalized spacial score (nSPS) is 10.2. The molecule has 0 N–H and O–H groups in total. The Morgan fingerprint density at radius 1 is 1.21 bits per heavy atom. The first-order valence-corrected chi connectivity index (χ1v) is 7.05. The summed E-state index contributed by atoms with van der Waals surface area (Å²) in [6.45, 7) is 2.94. The first-order chi connectivity index (χ1) is 9.28. The largest absolute Gasteiger partial charge is 0.494 e. The minimum absolute atomic E-state index is 0.211. The van der Waals surface area contributed by atoms with Gasteiger partial charge in [-0.1, -0.05) is 18.2 Å². The molecule has 0 aliphatic rings. The zero-order valence-electron chi connectivity index (χ0n) is 10.8. The van der Waals surface area contributed by atoms with Gasteiger partial charge in [-0.2, -0.15) is 0 Å². The number of hydrogen-bond acceptors (Lipinski definition) is 4. The summed E-state index contributed by atoms with van der Waals surface area (Å²) >= 11 is 1.58. The summed E-state index contributed by atoms with van der Waals surface area (Å²) in [6.07, 6.45) is 0.289. The fourth-order valence-corrected chi connectivity index (χ4v) is 2.25. The Morgan fingerprint density at radius 2 is 2.00 bits per heavy atom. The maximum Gasteiger partial charge on any atom is 0.310 e. The molecule has 2 rings (SSSR count). The van der Waals surface area contributed by atoms with E-state index in [1.54, 1.807) is 11.3 Å². The lowest BCUT2D eigenvalue weighted by molar-refractivity contribution is -0.144. The van der Waals surface area contributed by atoms with Crippen molar-refractivity contribution in [3.63, 3.8) is 0 Å². The van der Waals surface area contributed by atoms with E-state index in [-0.39, 0.29) is 12.4 Å². The van der Waals surface area contributed by atoms with Gasteiger partial charge in [0, 0.05) is 4.88 Å². The number of rotatable bonds is 6. The summed E-state index contributed by atoms with van der Waals surface area (Å²) in [5, 5.41) is 1.97. The van der Waals surface area contributed by atoms with Crippen LogP contribution in [0.2, 0.25) is 0 Å². The molecule has 1 aromatic heterocycles. The van der Waals surface area contributed by atoms with Crippen LogP contribution in [0.25, 0.3) is 0 Å². The van der Waals surface area contributed by atoms with Crippen LogP contribution in [-0.2, 0) is 22.6 Å². The topological polar surface area (TPSA) is 35.5 Å². The smallest absolute Gasteiger partial charge is 0.310 e. The Balaban J connectivity index is 1.81. The molecule has 0 amide bonds.